The zero-order valence-electron chi connectivity index (χ0n) is 8.52. The first-order chi connectivity index (χ1) is 7.74. The highest BCUT2D eigenvalue weighted by atomic mass is 79.9. The highest BCUT2D eigenvalue weighted by Gasteiger charge is 2.06. The molecule has 0 saturated carbocycles. The van der Waals surface area contributed by atoms with Crippen LogP contribution in [0.3, 0.4) is 0 Å². The van der Waals surface area contributed by atoms with E-state index < -0.39 is 5.82 Å². The molecular formula is C10H9BrFN3O. The van der Waals surface area contributed by atoms with Crippen LogP contribution in [0.5, 0.6) is 5.75 Å². The molecule has 2 aromatic rings. The lowest BCUT2D eigenvalue weighted by molar-refractivity contribution is 0.386. The maximum atomic E-state index is 13.2. The van der Waals surface area contributed by atoms with Crippen molar-refractivity contribution in [3.8, 4) is 11.4 Å². The van der Waals surface area contributed by atoms with Crippen molar-refractivity contribution >= 4 is 15.9 Å². The highest BCUT2D eigenvalue weighted by molar-refractivity contribution is 9.08. The fourth-order valence-corrected chi connectivity index (χ4v) is 1.53. The van der Waals surface area contributed by atoms with Crippen LogP contribution in [-0.4, -0.2) is 22.1 Å². The lowest BCUT2D eigenvalue weighted by atomic mass is 10.3. The third kappa shape index (κ3) is 2.06. The van der Waals surface area contributed by atoms with Gasteiger partial charge in [-0.1, -0.05) is 21.1 Å². The summed E-state index contributed by atoms with van der Waals surface area (Å²) < 4.78 is 19.6. The van der Waals surface area contributed by atoms with Gasteiger partial charge in [-0.15, -0.1) is 5.10 Å². The quantitative estimate of drug-likeness (QED) is 0.813. The maximum Gasteiger partial charge on any atom is 0.165 e. The summed E-state index contributed by atoms with van der Waals surface area (Å²) in [6.07, 6.45) is 1.77. The fraction of sp³-hybridized carbons (Fsp3) is 0.200. The molecule has 0 spiro atoms. The Hall–Kier alpha value is -1.43. The Bertz CT molecular complexity index is 501. The van der Waals surface area contributed by atoms with E-state index in [0.29, 0.717) is 11.0 Å². The molecule has 0 radical (unpaired) electrons. The van der Waals surface area contributed by atoms with Gasteiger partial charge in [-0.2, -0.15) is 0 Å². The third-order valence-electron chi connectivity index (χ3n) is 2.08. The van der Waals surface area contributed by atoms with Gasteiger partial charge >= 0.3 is 0 Å². The van der Waals surface area contributed by atoms with Crippen molar-refractivity contribution in [3.05, 3.63) is 35.9 Å². The molecule has 0 atom stereocenters. The second-order valence-corrected chi connectivity index (χ2v) is 3.67. The Morgan fingerprint density at radius 3 is 2.94 bits per heavy atom. The molecule has 0 aliphatic rings. The number of hydrogen-bond acceptors (Lipinski definition) is 3. The number of benzene rings is 1. The van der Waals surface area contributed by atoms with Crippen molar-refractivity contribution in [2.24, 2.45) is 0 Å². The molecule has 84 valence electrons. The third-order valence-corrected chi connectivity index (χ3v) is 2.65. The average molecular weight is 286 g/mol. The standard InChI is InChI=1S/C10H9BrFN3O/c1-16-10-4-8(2-3-9(10)12)15-6-7(5-11)13-14-15/h2-4,6H,5H2,1H3. The number of alkyl halides is 1. The van der Waals surface area contributed by atoms with Gasteiger partial charge < -0.3 is 4.74 Å². The lowest BCUT2D eigenvalue weighted by Gasteiger charge is -2.04. The van der Waals surface area contributed by atoms with E-state index in [0.717, 1.165) is 5.69 Å². The van der Waals surface area contributed by atoms with Crippen LogP contribution >= 0.6 is 15.9 Å². The molecule has 0 saturated heterocycles. The number of aromatic nitrogens is 3. The Balaban J connectivity index is 2.40. The van der Waals surface area contributed by atoms with E-state index in [-0.39, 0.29) is 5.75 Å². The predicted octanol–water partition coefficient (Wildman–Crippen LogP) is 2.31. The summed E-state index contributed by atoms with van der Waals surface area (Å²) >= 11 is 3.28. The van der Waals surface area contributed by atoms with Crippen LogP contribution in [0.15, 0.2) is 24.4 Å². The average Bonchev–Trinajstić information content (AvgIpc) is 2.78. The summed E-state index contributed by atoms with van der Waals surface area (Å²) in [7, 11) is 1.42. The monoisotopic (exact) mass is 285 g/mol. The summed E-state index contributed by atoms with van der Waals surface area (Å²) in [5.74, 6) is -0.208. The number of rotatable bonds is 3. The smallest absolute Gasteiger partial charge is 0.165 e. The van der Waals surface area contributed by atoms with Crippen LogP contribution in [-0.2, 0) is 5.33 Å². The number of ether oxygens (including phenoxy) is 1. The summed E-state index contributed by atoms with van der Waals surface area (Å²) in [6.45, 7) is 0. The molecule has 1 heterocycles. The summed E-state index contributed by atoms with van der Waals surface area (Å²) in [5.41, 5.74) is 1.52. The van der Waals surface area contributed by atoms with Gasteiger partial charge in [-0.25, -0.2) is 9.07 Å². The first kappa shape index (κ1) is 11.1. The molecule has 4 nitrogen and oxygen atoms in total. The van der Waals surface area contributed by atoms with E-state index in [4.69, 9.17) is 4.74 Å². The van der Waals surface area contributed by atoms with E-state index in [1.54, 1.807) is 23.0 Å². The predicted molar refractivity (Wildman–Crippen MR) is 60.5 cm³/mol. The van der Waals surface area contributed by atoms with E-state index in [1.807, 2.05) is 0 Å². The number of nitrogens with zero attached hydrogens (tertiary/aromatic N) is 3. The van der Waals surface area contributed by atoms with E-state index in [9.17, 15) is 4.39 Å². The molecule has 0 aliphatic carbocycles. The van der Waals surface area contributed by atoms with Gasteiger partial charge in [0.15, 0.2) is 11.6 Å². The zero-order valence-corrected chi connectivity index (χ0v) is 10.1. The van der Waals surface area contributed by atoms with Crippen molar-refractivity contribution in [2.45, 2.75) is 5.33 Å². The SMILES string of the molecule is COc1cc(-n2cc(CBr)nn2)ccc1F. The van der Waals surface area contributed by atoms with Crippen LogP contribution < -0.4 is 4.74 Å². The number of halogens is 2. The summed E-state index contributed by atoms with van der Waals surface area (Å²) in [5, 5.41) is 8.47. The number of hydrogen-bond donors (Lipinski definition) is 0. The molecule has 0 N–H and O–H groups in total. The molecule has 0 fully saturated rings. The van der Waals surface area contributed by atoms with Gasteiger partial charge in [-0.05, 0) is 12.1 Å². The van der Waals surface area contributed by atoms with Gasteiger partial charge in [0.2, 0.25) is 0 Å². The minimum absolute atomic E-state index is 0.188. The summed E-state index contributed by atoms with van der Waals surface area (Å²) in [6, 6.07) is 4.52. The number of methoxy groups -OCH3 is 1. The van der Waals surface area contributed by atoms with E-state index in [2.05, 4.69) is 26.2 Å². The van der Waals surface area contributed by atoms with Crippen molar-refractivity contribution < 1.29 is 9.13 Å². The van der Waals surface area contributed by atoms with Crippen molar-refractivity contribution in [2.75, 3.05) is 7.11 Å². The van der Waals surface area contributed by atoms with Crippen LogP contribution in [0.25, 0.3) is 5.69 Å². The molecule has 1 aromatic heterocycles. The van der Waals surface area contributed by atoms with Gasteiger partial charge in [-0.3, -0.25) is 0 Å². The second kappa shape index (κ2) is 4.61. The molecule has 1 aromatic carbocycles. The minimum Gasteiger partial charge on any atom is -0.494 e. The molecular weight excluding hydrogens is 277 g/mol. The Morgan fingerprint density at radius 2 is 2.31 bits per heavy atom. The topological polar surface area (TPSA) is 39.9 Å². The van der Waals surface area contributed by atoms with Crippen molar-refractivity contribution in [1.29, 1.82) is 0 Å². The van der Waals surface area contributed by atoms with Crippen LogP contribution in [0.4, 0.5) is 4.39 Å². The molecule has 0 aliphatic heterocycles. The van der Waals surface area contributed by atoms with Crippen molar-refractivity contribution in [1.82, 2.24) is 15.0 Å². The molecule has 6 heteroatoms. The van der Waals surface area contributed by atoms with Crippen molar-refractivity contribution in [3.63, 3.8) is 0 Å². The van der Waals surface area contributed by atoms with Gasteiger partial charge in [0.1, 0.15) is 0 Å². The van der Waals surface area contributed by atoms with Gasteiger partial charge in [0.05, 0.1) is 24.7 Å². The van der Waals surface area contributed by atoms with Crippen LogP contribution in [0.1, 0.15) is 5.69 Å². The van der Waals surface area contributed by atoms with Crippen LogP contribution in [0, 0.1) is 5.82 Å². The van der Waals surface area contributed by atoms with Gasteiger partial charge in [0, 0.05) is 11.4 Å². The second-order valence-electron chi connectivity index (χ2n) is 3.11. The first-order valence-electron chi connectivity index (χ1n) is 4.55. The van der Waals surface area contributed by atoms with Crippen LogP contribution in [0.2, 0.25) is 0 Å². The molecule has 0 unspecified atom stereocenters. The van der Waals surface area contributed by atoms with E-state index >= 15 is 0 Å². The fourth-order valence-electron chi connectivity index (χ4n) is 1.28. The largest absolute Gasteiger partial charge is 0.494 e. The molecule has 0 amide bonds. The normalized spacial score (nSPS) is 10.4. The first-order valence-corrected chi connectivity index (χ1v) is 5.68. The van der Waals surface area contributed by atoms with Gasteiger partial charge in [0.25, 0.3) is 0 Å². The summed E-state index contributed by atoms with van der Waals surface area (Å²) in [4.78, 5) is 0. The zero-order chi connectivity index (χ0) is 11.5. The van der Waals surface area contributed by atoms with E-state index in [1.165, 1.54) is 13.2 Å². The molecule has 0 bridgehead atoms. The molecule has 2 rings (SSSR count). The Morgan fingerprint density at radius 1 is 1.50 bits per heavy atom. The minimum atomic E-state index is -0.396. The Labute approximate surface area is 100 Å². The lowest BCUT2D eigenvalue weighted by Crippen LogP contribution is -1.97. The maximum absolute atomic E-state index is 13.2. The Kier molecular flexibility index (Phi) is 3.19. The highest BCUT2D eigenvalue weighted by Crippen LogP contribution is 2.20. The molecule has 16 heavy (non-hydrogen) atoms.